The second-order valence-corrected chi connectivity index (χ2v) is 10.7. The smallest absolute Gasteiger partial charge is 0.238 e. The van der Waals surface area contributed by atoms with Crippen molar-refractivity contribution in [2.75, 3.05) is 16.4 Å². The highest BCUT2D eigenvalue weighted by Gasteiger charge is 2.14. The summed E-state index contributed by atoms with van der Waals surface area (Å²) in [7, 11) is -7.16. The number of rotatable bonds is 9. The van der Waals surface area contributed by atoms with Crippen molar-refractivity contribution in [2.45, 2.75) is 24.8 Å². The van der Waals surface area contributed by atoms with E-state index in [4.69, 9.17) is 5.14 Å². The maximum atomic E-state index is 14.2. The third-order valence-corrected chi connectivity index (χ3v) is 6.99. The minimum absolute atomic E-state index is 0.0173. The molecule has 1 unspecified atom stereocenters. The first-order chi connectivity index (χ1) is 15.5. The van der Waals surface area contributed by atoms with Gasteiger partial charge in [-0.25, -0.2) is 36.1 Å². The number of benzene rings is 2. The van der Waals surface area contributed by atoms with Crippen LogP contribution in [-0.2, 0) is 20.0 Å². The van der Waals surface area contributed by atoms with Crippen LogP contribution in [0.1, 0.15) is 25.5 Å². The minimum atomic E-state index is -3.81. The second-order valence-electron chi connectivity index (χ2n) is 7.07. The van der Waals surface area contributed by atoms with Crippen LogP contribution in [0, 0.1) is 5.82 Å². The molecule has 33 heavy (non-hydrogen) atoms. The van der Waals surface area contributed by atoms with E-state index in [0.717, 1.165) is 11.8 Å². The maximum Gasteiger partial charge on any atom is 0.238 e. The molecular formula is C20H23FN6O4S2. The van der Waals surface area contributed by atoms with Gasteiger partial charge in [-0.2, -0.15) is 4.98 Å². The van der Waals surface area contributed by atoms with Gasteiger partial charge in [-0.05, 0) is 55.8 Å². The van der Waals surface area contributed by atoms with Crippen molar-refractivity contribution in [2.24, 2.45) is 5.14 Å². The third kappa shape index (κ3) is 6.68. The molecule has 1 heterocycles. The van der Waals surface area contributed by atoms with Gasteiger partial charge in [0.05, 0.1) is 16.8 Å². The summed E-state index contributed by atoms with van der Waals surface area (Å²) in [5, 5.41) is 10.8. The normalized spacial score (nSPS) is 12.8. The zero-order valence-corrected chi connectivity index (χ0v) is 19.4. The fourth-order valence-electron chi connectivity index (χ4n) is 2.78. The van der Waals surface area contributed by atoms with Gasteiger partial charge in [0.2, 0.25) is 26.0 Å². The molecule has 0 spiro atoms. The van der Waals surface area contributed by atoms with Crippen LogP contribution in [0.2, 0.25) is 0 Å². The van der Waals surface area contributed by atoms with Gasteiger partial charge < -0.3 is 10.6 Å². The van der Waals surface area contributed by atoms with E-state index in [1.54, 1.807) is 38.1 Å². The predicted octanol–water partition coefficient (Wildman–Crippen LogP) is 2.75. The summed E-state index contributed by atoms with van der Waals surface area (Å²) in [5.41, 5.74) is 1.75. The van der Waals surface area contributed by atoms with Crippen LogP contribution >= 0.6 is 0 Å². The lowest BCUT2D eigenvalue weighted by Crippen LogP contribution is -2.28. The van der Waals surface area contributed by atoms with Crippen LogP contribution in [0.25, 0.3) is 0 Å². The first-order valence-corrected chi connectivity index (χ1v) is 13.0. The second kappa shape index (κ2) is 9.79. The van der Waals surface area contributed by atoms with E-state index in [0.29, 0.717) is 11.4 Å². The minimum Gasteiger partial charge on any atom is -0.338 e. The van der Waals surface area contributed by atoms with Gasteiger partial charge in [0.15, 0.2) is 11.6 Å². The number of anilines is 4. The molecule has 0 saturated heterocycles. The fraction of sp³-hybridized carbons (Fsp3) is 0.200. The first kappa shape index (κ1) is 24.5. The first-order valence-electron chi connectivity index (χ1n) is 9.76. The Morgan fingerprint density at radius 1 is 0.970 bits per heavy atom. The van der Waals surface area contributed by atoms with E-state index < -0.39 is 31.9 Å². The average Bonchev–Trinajstić information content (AvgIpc) is 2.76. The zero-order valence-electron chi connectivity index (χ0n) is 17.8. The van der Waals surface area contributed by atoms with E-state index >= 15 is 0 Å². The number of nitrogens with zero attached hydrogens (tertiary/aromatic N) is 2. The molecule has 0 aliphatic rings. The zero-order chi connectivity index (χ0) is 24.2. The predicted molar refractivity (Wildman–Crippen MR) is 124 cm³/mol. The number of sulfonamides is 2. The third-order valence-electron chi connectivity index (χ3n) is 4.59. The molecule has 3 aromatic rings. The lowest BCUT2D eigenvalue weighted by Gasteiger charge is -2.15. The van der Waals surface area contributed by atoms with Gasteiger partial charge in [0.1, 0.15) is 0 Å². The van der Waals surface area contributed by atoms with Crippen LogP contribution in [0.4, 0.5) is 27.5 Å². The molecule has 5 N–H and O–H groups in total. The number of primary sulfonamides is 1. The molecule has 176 valence electrons. The number of nitrogens with two attached hydrogens (primary N) is 1. The summed E-state index contributed by atoms with van der Waals surface area (Å²) >= 11 is 0. The highest BCUT2D eigenvalue weighted by molar-refractivity contribution is 7.89. The molecule has 0 amide bonds. The molecular weight excluding hydrogens is 471 g/mol. The monoisotopic (exact) mass is 494 g/mol. The van der Waals surface area contributed by atoms with E-state index in [1.165, 1.54) is 24.3 Å². The summed E-state index contributed by atoms with van der Waals surface area (Å²) in [6.07, 6.45) is 0.992. The Labute approximate surface area is 191 Å². The van der Waals surface area contributed by atoms with Crippen LogP contribution in [0.5, 0.6) is 0 Å². The lowest BCUT2D eigenvalue weighted by atomic mass is 10.1. The molecule has 10 nitrogen and oxygen atoms in total. The number of halogens is 1. The fourth-order valence-corrected chi connectivity index (χ4v) is 4.14. The van der Waals surface area contributed by atoms with Crippen molar-refractivity contribution in [3.63, 3.8) is 0 Å². The summed E-state index contributed by atoms with van der Waals surface area (Å²) in [4.78, 5) is 7.94. The van der Waals surface area contributed by atoms with Crippen LogP contribution in [0.15, 0.2) is 59.6 Å². The van der Waals surface area contributed by atoms with Gasteiger partial charge in [-0.15, -0.1) is 0 Å². The molecule has 1 atom stereocenters. The highest BCUT2D eigenvalue weighted by atomic mass is 32.2. The molecule has 0 fully saturated rings. The van der Waals surface area contributed by atoms with Gasteiger partial charge in [-0.3, -0.25) is 0 Å². The molecule has 0 radical (unpaired) electrons. The topological polar surface area (TPSA) is 156 Å². The van der Waals surface area contributed by atoms with Gasteiger partial charge >= 0.3 is 0 Å². The average molecular weight is 495 g/mol. The number of hydrogen-bond donors (Lipinski definition) is 4. The largest absolute Gasteiger partial charge is 0.338 e. The molecule has 0 aliphatic carbocycles. The summed E-state index contributed by atoms with van der Waals surface area (Å²) in [6, 6.07) is 12.0. The molecule has 1 aromatic heterocycles. The SMILES string of the molecule is CCS(=O)(=O)NC(C)c1ccc(Nc2nc(Nc3ccc(S(N)(=O)=O)cc3)ncc2F)cc1. The van der Waals surface area contributed by atoms with E-state index in [2.05, 4.69) is 25.3 Å². The maximum absolute atomic E-state index is 14.2. The number of nitrogens with one attached hydrogen (secondary N) is 3. The Hall–Kier alpha value is -3.13. The van der Waals surface area contributed by atoms with Crippen molar-refractivity contribution in [3.8, 4) is 0 Å². The standard InChI is InChI=1S/C20H23FN6O4S2/c1-3-32(28,29)27-13(2)14-4-6-15(7-5-14)24-19-18(21)12-23-20(26-19)25-16-8-10-17(11-9-16)33(22,30)31/h4-13,27H,3H2,1-2H3,(H2,22,30,31)(H2,23,24,25,26). The summed E-state index contributed by atoms with van der Waals surface area (Å²) in [6.45, 7) is 3.29. The quantitative estimate of drug-likeness (QED) is 0.354. The Bertz CT molecular complexity index is 1330. The molecule has 3 rings (SSSR count). The van der Waals surface area contributed by atoms with Crippen molar-refractivity contribution >= 4 is 43.2 Å². The lowest BCUT2D eigenvalue weighted by molar-refractivity contribution is 0.568. The number of aromatic nitrogens is 2. The van der Waals surface area contributed by atoms with Gasteiger partial charge in [-0.1, -0.05) is 12.1 Å². The van der Waals surface area contributed by atoms with E-state index in [1.807, 2.05) is 0 Å². The van der Waals surface area contributed by atoms with Crippen LogP contribution < -0.4 is 20.5 Å². The Balaban J connectivity index is 1.72. The highest BCUT2D eigenvalue weighted by Crippen LogP contribution is 2.23. The van der Waals surface area contributed by atoms with Crippen molar-refractivity contribution < 1.29 is 21.2 Å². The molecule has 2 aromatic carbocycles. The number of hydrogen-bond acceptors (Lipinski definition) is 8. The van der Waals surface area contributed by atoms with Crippen molar-refractivity contribution in [1.82, 2.24) is 14.7 Å². The van der Waals surface area contributed by atoms with Gasteiger partial charge in [0, 0.05) is 17.4 Å². The molecule has 0 aliphatic heterocycles. The van der Waals surface area contributed by atoms with Crippen molar-refractivity contribution in [3.05, 3.63) is 66.1 Å². The van der Waals surface area contributed by atoms with E-state index in [-0.39, 0.29) is 22.4 Å². The van der Waals surface area contributed by atoms with Crippen LogP contribution in [-0.4, -0.2) is 32.6 Å². The van der Waals surface area contributed by atoms with Crippen molar-refractivity contribution in [1.29, 1.82) is 0 Å². The molecule has 0 bridgehead atoms. The Morgan fingerprint density at radius 2 is 1.55 bits per heavy atom. The molecule has 13 heteroatoms. The van der Waals surface area contributed by atoms with E-state index in [9.17, 15) is 21.2 Å². The Morgan fingerprint density at radius 3 is 2.12 bits per heavy atom. The van der Waals surface area contributed by atoms with Crippen LogP contribution in [0.3, 0.4) is 0 Å². The summed E-state index contributed by atoms with van der Waals surface area (Å²) in [5.74, 6) is -0.697. The van der Waals surface area contributed by atoms with Gasteiger partial charge in [0.25, 0.3) is 0 Å². The Kier molecular flexibility index (Phi) is 7.27. The summed E-state index contributed by atoms with van der Waals surface area (Å²) < 4.78 is 63.0. The molecule has 0 saturated carbocycles.